The molecule has 1 rings (SSSR count). The summed E-state index contributed by atoms with van der Waals surface area (Å²) in [4.78, 5) is 14.7. The third-order valence-electron chi connectivity index (χ3n) is 1.90. The van der Waals surface area contributed by atoms with Crippen molar-refractivity contribution in [3.8, 4) is 0 Å². The minimum Gasteiger partial charge on any atom is -0.296 e. The maximum atomic E-state index is 10.5. The Balaban J connectivity index is 0.00000106. The highest BCUT2D eigenvalue weighted by molar-refractivity contribution is 6.00. The number of rotatable bonds is 3. The van der Waals surface area contributed by atoms with Crippen LogP contribution in [0.3, 0.4) is 0 Å². The van der Waals surface area contributed by atoms with Crippen LogP contribution in [0.1, 0.15) is 33.3 Å². The lowest BCUT2D eigenvalue weighted by molar-refractivity contribution is -0.104. The van der Waals surface area contributed by atoms with E-state index in [9.17, 15) is 4.79 Å². The second-order valence-electron chi connectivity index (χ2n) is 2.89. The van der Waals surface area contributed by atoms with E-state index in [1.807, 2.05) is 51.1 Å². The number of hydrogen-bond acceptors (Lipinski definition) is 2. The van der Waals surface area contributed by atoms with Gasteiger partial charge in [-0.05, 0) is 19.4 Å². The molecule has 0 bridgehead atoms. The number of nitrogens with zero attached hydrogens (tertiary/aromatic N) is 1. The van der Waals surface area contributed by atoms with Gasteiger partial charge in [0, 0.05) is 5.71 Å². The zero-order valence-corrected chi connectivity index (χ0v) is 10.4. The van der Waals surface area contributed by atoms with Crippen LogP contribution in [0.25, 0.3) is 0 Å². The van der Waals surface area contributed by atoms with Gasteiger partial charge >= 0.3 is 0 Å². The first-order valence-electron chi connectivity index (χ1n) is 5.50. The average molecular weight is 217 g/mol. The molecule has 0 N–H and O–H groups in total. The molecule has 0 aromatic heterocycles. The van der Waals surface area contributed by atoms with E-state index in [4.69, 9.17) is 0 Å². The van der Waals surface area contributed by atoms with Crippen LogP contribution in [-0.4, -0.2) is 12.0 Å². The second-order valence-corrected chi connectivity index (χ2v) is 2.89. The summed E-state index contributed by atoms with van der Waals surface area (Å²) in [6, 6.07) is 9.79. The molecule has 0 aliphatic heterocycles. The molecule has 16 heavy (non-hydrogen) atoms. The fourth-order valence-corrected chi connectivity index (χ4v) is 1.10. The van der Waals surface area contributed by atoms with E-state index < -0.39 is 0 Å². The molecule has 0 aliphatic rings. The number of carbonyl (C=O) groups excluding carboxylic acids is 1. The van der Waals surface area contributed by atoms with E-state index in [0.717, 1.165) is 17.6 Å². The van der Waals surface area contributed by atoms with Gasteiger partial charge in [0.05, 0.1) is 5.70 Å². The SMILES string of the molecule is C/C=C(/C=O)N=C(C)c1ccccc1.CC. The molecule has 0 saturated heterocycles. The largest absolute Gasteiger partial charge is 0.296 e. The van der Waals surface area contributed by atoms with Crippen LogP contribution in [0, 0.1) is 0 Å². The molecule has 0 unspecified atom stereocenters. The Morgan fingerprint density at radius 3 is 2.19 bits per heavy atom. The van der Waals surface area contributed by atoms with E-state index in [-0.39, 0.29) is 0 Å². The van der Waals surface area contributed by atoms with Gasteiger partial charge in [0.1, 0.15) is 0 Å². The van der Waals surface area contributed by atoms with Gasteiger partial charge in [0.15, 0.2) is 6.29 Å². The summed E-state index contributed by atoms with van der Waals surface area (Å²) >= 11 is 0. The van der Waals surface area contributed by atoms with Crippen molar-refractivity contribution in [1.29, 1.82) is 0 Å². The quantitative estimate of drug-likeness (QED) is 0.432. The van der Waals surface area contributed by atoms with Gasteiger partial charge in [-0.2, -0.15) is 0 Å². The summed E-state index contributed by atoms with van der Waals surface area (Å²) in [5, 5.41) is 0. The molecule has 86 valence electrons. The van der Waals surface area contributed by atoms with Crippen molar-refractivity contribution < 1.29 is 4.79 Å². The predicted octanol–water partition coefficient (Wildman–Crippen LogP) is 3.62. The Labute approximate surface area is 97.7 Å². The Morgan fingerprint density at radius 1 is 1.19 bits per heavy atom. The van der Waals surface area contributed by atoms with Gasteiger partial charge in [-0.15, -0.1) is 0 Å². The van der Waals surface area contributed by atoms with Crippen molar-refractivity contribution in [2.75, 3.05) is 0 Å². The molecule has 0 amide bonds. The van der Waals surface area contributed by atoms with Crippen LogP contribution in [-0.2, 0) is 4.79 Å². The highest BCUT2D eigenvalue weighted by Crippen LogP contribution is 2.03. The van der Waals surface area contributed by atoms with Crippen molar-refractivity contribution in [3.63, 3.8) is 0 Å². The third-order valence-corrected chi connectivity index (χ3v) is 1.90. The highest BCUT2D eigenvalue weighted by Gasteiger charge is 1.96. The number of benzene rings is 1. The number of aldehydes is 1. The summed E-state index contributed by atoms with van der Waals surface area (Å²) < 4.78 is 0. The molecule has 2 nitrogen and oxygen atoms in total. The molecular weight excluding hydrogens is 198 g/mol. The first-order chi connectivity index (χ1) is 7.77. The van der Waals surface area contributed by atoms with Gasteiger partial charge in [-0.3, -0.25) is 9.79 Å². The second kappa shape index (κ2) is 8.60. The molecule has 0 heterocycles. The van der Waals surface area contributed by atoms with E-state index in [1.54, 1.807) is 13.0 Å². The van der Waals surface area contributed by atoms with E-state index >= 15 is 0 Å². The lowest BCUT2D eigenvalue weighted by Crippen LogP contribution is -1.95. The molecule has 2 heteroatoms. The smallest absolute Gasteiger partial charge is 0.168 e. The standard InChI is InChI=1S/C12H13NO.C2H6/c1-3-12(9-14)13-10(2)11-7-5-4-6-8-11;1-2/h3-9H,1-2H3;1-2H3/b12-3-,13-10?;. The monoisotopic (exact) mass is 217 g/mol. The zero-order valence-electron chi connectivity index (χ0n) is 10.4. The third kappa shape index (κ3) is 4.69. The number of allylic oxidation sites excluding steroid dienone is 2. The Hall–Kier alpha value is -1.70. The van der Waals surface area contributed by atoms with Crippen molar-refractivity contribution in [2.45, 2.75) is 27.7 Å². The summed E-state index contributed by atoms with van der Waals surface area (Å²) in [6.45, 7) is 7.69. The van der Waals surface area contributed by atoms with Gasteiger partial charge in [-0.25, -0.2) is 0 Å². The molecule has 0 spiro atoms. The highest BCUT2D eigenvalue weighted by atomic mass is 16.1. The normalized spacial score (nSPS) is 11.5. The number of aliphatic imine (C=N–C) groups is 1. The summed E-state index contributed by atoms with van der Waals surface area (Å²) in [5.74, 6) is 0. The fraction of sp³-hybridized carbons (Fsp3) is 0.286. The van der Waals surface area contributed by atoms with Crippen LogP contribution in [0.15, 0.2) is 47.1 Å². The van der Waals surface area contributed by atoms with Crippen molar-refractivity contribution in [3.05, 3.63) is 47.7 Å². The van der Waals surface area contributed by atoms with E-state index in [1.165, 1.54) is 0 Å². The summed E-state index contributed by atoms with van der Waals surface area (Å²) in [6.07, 6.45) is 2.45. The van der Waals surface area contributed by atoms with Crippen molar-refractivity contribution >= 4 is 12.0 Å². The minimum absolute atomic E-state index is 0.464. The van der Waals surface area contributed by atoms with Crippen molar-refractivity contribution in [2.24, 2.45) is 4.99 Å². The lowest BCUT2D eigenvalue weighted by Gasteiger charge is -1.99. The molecule has 1 aromatic carbocycles. The molecule has 0 fully saturated rings. The Kier molecular flexibility index (Phi) is 7.68. The van der Waals surface area contributed by atoms with Crippen LogP contribution >= 0.6 is 0 Å². The van der Waals surface area contributed by atoms with Gasteiger partial charge < -0.3 is 0 Å². The first kappa shape index (κ1) is 14.3. The van der Waals surface area contributed by atoms with Crippen LogP contribution in [0.5, 0.6) is 0 Å². The van der Waals surface area contributed by atoms with E-state index in [0.29, 0.717) is 5.70 Å². The van der Waals surface area contributed by atoms with Gasteiger partial charge in [0.25, 0.3) is 0 Å². The minimum atomic E-state index is 0.464. The topological polar surface area (TPSA) is 29.4 Å². The zero-order chi connectivity index (χ0) is 12.4. The molecule has 1 aromatic rings. The molecular formula is C14H19NO. The van der Waals surface area contributed by atoms with Crippen LogP contribution in [0.4, 0.5) is 0 Å². The van der Waals surface area contributed by atoms with Gasteiger partial charge in [-0.1, -0.05) is 50.3 Å². The fourth-order valence-electron chi connectivity index (χ4n) is 1.10. The molecule has 0 radical (unpaired) electrons. The molecule has 0 aliphatic carbocycles. The predicted molar refractivity (Wildman–Crippen MR) is 69.8 cm³/mol. The lowest BCUT2D eigenvalue weighted by atomic mass is 10.1. The van der Waals surface area contributed by atoms with Crippen LogP contribution < -0.4 is 0 Å². The summed E-state index contributed by atoms with van der Waals surface area (Å²) in [7, 11) is 0. The Bertz CT molecular complexity index is 364. The van der Waals surface area contributed by atoms with Crippen LogP contribution in [0.2, 0.25) is 0 Å². The van der Waals surface area contributed by atoms with Crippen molar-refractivity contribution in [1.82, 2.24) is 0 Å². The van der Waals surface area contributed by atoms with E-state index in [2.05, 4.69) is 4.99 Å². The number of carbonyl (C=O) groups is 1. The maximum Gasteiger partial charge on any atom is 0.168 e. The summed E-state index contributed by atoms with van der Waals surface area (Å²) in [5.41, 5.74) is 2.35. The molecule has 0 atom stereocenters. The Morgan fingerprint density at radius 2 is 1.75 bits per heavy atom. The average Bonchev–Trinajstić information content (AvgIpc) is 2.39. The van der Waals surface area contributed by atoms with Gasteiger partial charge in [0.2, 0.25) is 0 Å². The molecule has 0 saturated carbocycles. The first-order valence-corrected chi connectivity index (χ1v) is 5.50. The maximum absolute atomic E-state index is 10.5. The number of hydrogen-bond donors (Lipinski definition) is 0.